The minimum atomic E-state index is 0.725. The summed E-state index contributed by atoms with van der Waals surface area (Å²) in [5, 5.41) is 0. The van der Waals surface area contributed by atoms with Gasteiger partial charge in [0.05, 0.1) is 0 Å². The van der Waals surface area contributed by atoms with Gasteiger partial charge in [0.2, 0.25) is 0 Å². The van der Waals surface area contributed by atoms with Crippen LogP contribution in [0.15, 0.2) is 12.2 Å². The van der Waals surface area contributed by atoms with Crippen molar-refractivity contribution >= 4 is 6.29 Å². The fraction of sp³-hybridized carbons (Fsp3) is 0.200. The van der Waals surface area contributed by atoms with Crippen molar-refractivity contribution in [2.75, 3.05) is 0 Å². The first-order valence-corrected chi connectivity index (χ1v) is 1.71. The minimum absolute atomic E-state index is 0.725. The zero-order valence-electron chi connectivity index (χ0n) is 3.77. The summed E-state index contributed by atoms with van der Waals surface area (Å²) in [5.74, 6) is 0. The first kappa shape index (κ1) is 5.41. The highest BCUT2D eigenvalue weighted by molar-refractivity contribution is 5.66. The Morgan fingerprint density at radius 3 is 2.33 bits per heavy atom. The minimum Gasteiger partial charge on any atom is -0.303 e. The molecule has 0 spiro atoms. The van der Waals surface area contributed by atoms with Gasteiger partial charge in [0.1, 0.15) is 6.29 Å². The lowest BCUT2D eigenvalue weighted by Gasteiger charge is -1.78. The van der Waals surface area contributed by atoms with Gasteiger partial charge in [-0.1, -0.05) is 12.2 Å². The van der Waals surface area contributed by atoms with Crippen LogP contribution in [0.25, 0.3) is 0 Å². The highest BCUT2D eigenvalue weighted by Crippen LogP contribution is 1.85. The van der Waals surface area contributed by atoms with Gasteiger partial charge in [0.15, 0.2) is 0 Å². The molecule has 0 aromatic carbocycles. The summed E-state index contributed by atoms with van der Waals surface area (Å²) in [5.41, 5.74) is 0.796. The van der Waals surface area contributed by atoms with Gasteiger partial charge in [0.25, 0.3) is 0 Å². The second-order valence-electron chi connectivity index (χ2n) is 1.15. The third-order valence-electron chi connectivity index (χ3n) is 0.353. The molecule has 0 saturated carbocycles. The lowest BCUT2D eigenvalue weighted by Crippen LogP contribution is -1.73. The van der Waals surface area contributed by atoms with E-state index in [1.807, 2.05) is 0 Å². The van der Waals surface area contributed by atoms with Crippen molar-refractivity contribution in [3.8, 4) is 0 Å². The average molecular weight is 83.1 g/mol. The lowest BCUT2D eigenvalue weighted by atomic mass is 10.3. The summed E-state index contributed by atoms with van der Waals surface area (Å²) in [6, 6.07) is 0. The van der Waals surface area contributed by atoms with E-state index in [4.69, 9.17) is 0 Å². The Balaban J connectivity index is 3.05. The SMILES string of the molecule is C=C(C)[CH]C=O. The Labute approximate surface area is 37.7 Å². The second-order valence-corrected chi connectivity index (χ2v) is 1.15. The Kier molecular flexibility index (Phi) is 2.38. The van der Waals surface area contributed by atoms with Crippen LogP contribution >= 0.6 is 0 Å². The Bertz CT molecular complexity index is 64.3. The van der Waals surface area contributed by atoms with Crippen molar-refractivity contribution in [3.05, 3.63) is 18.6 Å². The van der Waals surface area contributed by atoms with Gasteiger partial charge in [-0.05, 0) is 6.92 Å². The molecule has 0 bridgehead atoms. The fourth-order valence-corrected chi connectivity index (χ4v) is 0.116. The molecule has 0 amide bonds. The summed E-state index contributed by atoms with van der Waals surface area (Å²) in [6.07, 6.45) is 2.14. The van der Waals surface area contributed by atoms with Crippen LogP contribution in [0.5, 0.6) is 0 Å². The first-order chi connectivity index (χ1) is 2.77. The van der Waals surface area contributed by atoms with Crippen molar-refractivity contribution in [2.24, 2.45) is 0 Å². The Morgan fingerprint density at radius 2 is 2.33 bits per heavy atom. The van der Waals surface area contributed by atoms with Gasteiger partial charge < -0.3 is 4.79 Å². The smallest absolute Gasteiger partial charge is 0.128 e. The van der Waals surface area contributed by atoms with E-state index in [1.165, 1.54) is 6.42 Å². The molecule has 0 N–H and O–H groups in total. The fourth-order valence-electron chi connectivity index (χ4n) is 0.116. The number of hydrogen-bond acceptors (Lipinski definition) is 1. The van der Waals surface area contributed by atoms with Crippen LogP contribution in [0.2, 0.25) is 0 Å². The molecular formula is C5H7O. The number of carbonyl (C=O) groups is 1. The van der Waals surface area contributed by atoms with Crippen molar-refractivity contribution in [2.45, 2.75) is 6.92 Å². The zero-order chi connectivity index (χ0) is 4.99. The number of hydrogen-bond donors (Lipinski definition) is 0. The van der Waals surface area contributed by atoms with Crippen molar-refractivity contribution < 1.29 is 4.79 Å². The Hall–Kier alpha value is -0.590. The summed E-state index contributed by atoms with van der Waals surface area (Å²) < 4.78 is 0. The molecule has 6 heavy (non-hydrogen) atoms. The van der Waals surface area contributed by atoms with Gasteiger partial charge in [0, 0.05) is 6.42 Å². The standard InChI is InChI=1S/C5H7O/c1-5(2)3-4-6/h3-4H,1H2,2H3. The van der Waals surface area contributed by atoms with Gasteiger partial charge in [-0.25, -0.2) is 0 Å². The molecule has 1 nitrogen and oxygen atoms in total. The van der Waals surface area contributed by atoms with E-state index < -0.39 is 0 Å². The topological polar surface area (TPSA) is 17.1 Å². The van der Waals surface area contributed by atoms with Crippen LogP contribution in [0.3, 0.4) is 0 Å². The van der Waals surface area contributed by atoms with Gasteiger partial charge in [-0.15, -0.1) is 0 Å². The van der Waals surface area contributed by atoms with Crippen LogP contribution in [-0.4, -0.2) is 6.29 Å². The van der Waals surface area contributed by atoms with E-state index in [1.54, 1.807) is 6.92 Å². The van der Waals surface area contributed by atoms with E-state index in [-0.39, 0.29) is 0 Å². The molecule has 33 valence electrons. The number of aldehydes is 1. The third kappa shape index (κ3) is 3.41. The normalized spacial score (nSPS) is 7.50. The molecule has 0 aromatic heterocycles. The number of rotatable bonds is 2. The van der Waals surface area contributed by atoms with Crippen molar-refractivity contribution in [1.29, 1.82) is 0 Å². The van der Waals surface area contributed by atoms with Gasteiger partial charge in [-0.3, -0.25) is 0 Å². The maximum absolute atomic E-state index is 9.50. The molecule has 0 aliphatic rings. The molecule has 0 heterocycles. The molecule has 0 aromatic rings. The maximum atomic E-state index is 9.50. The van der Waals surface area contributed by atoms with Crippen molar-refractivity contribution in [1.82, 2.24) is 0 Å². The van der Waals surface area contributed by atoms with Gasteiger partial charge >= 0.3 is 0 Å². The van der Waals surface area contributed by atoms with Crippen LogP contribution < -0.4 is 0 Å². The van der Waals surface area contributed by atoms with E-state index in [0.29, 0.717) is 0 Å². The summed E-state index contributed by atoms with van der Waals surface area (Å²) in [6.45, 7) is 5.23. The molecule has 0 saturated heterocycles. The summed E-state index contributed by atoms with van der Waals surface area (Å²) in [4.78, 5) is 9.50. The van der Waals surface area contributed by atoms with Crippen molar-refractivity contribution in [3.63, 3.8) is 0 Å². The zero-order valence-corrected chi connectivity index (χ0v) is 3.77. The molecule has 0 unspecified atom stereocenters. The van der Waals surface area contributed by atoms with E-state index in [2.05, 4.69) is 6.58 Å². The average Bonchev–Trinajstić information content (AvgIpc) is 1.35. The van der Waals surface area contributed by atoms with E-state index in [9.17, 15) is 4.79 Å². The highest BCUT2D eigenvalue weighted by atomic mass is 16.1. The molecule has 1 heteroatoms. The highest BCUT2D eigenvalue weighted by Gasteiger charge is 1.76. The van der Waals surface area contributed by atoms with Crippen LogP contribution in [0.1, 0.15) is 6.92 Å². The molecule has 0 aliphatic heterocycles. The van der Waals surface area contributed by atoms with Crippen LogP contribution in [-0.2, 0) is 4.79 Å². The predicted molar refractivity (Wildman–Crippen MR) is 25.2 cm³/mol. The number of carbonyl (C=O) groups excluding carboxylic acids is 1. The lowest BCUT2D eigenvalue weighted by molar-refractivity contribution is -0.104. The van der Waals surface area contributed by atoms with Crippen LogP contribution in [0, 0.1) is 6.42 Å². The van der Waals surface area contributed by atoms with E-state index in [0.717, 1.165) is 11.9 Å². The molecular weight excluding hydrogens is 76.1 g/mol. The molecule has 0 fully saturated rings. The number of allylic oxidation sites excluding steroid dienone is 1. The van der Waals surface area contributed by atoms with Gasteiger partial charge in [-0.2, -0.15) is 0 Å². The largest absolute Gasteiger partial charge is 0.303 e. The third-order valence-corrected chi connectivity index (χ3v) is 0.353. The van der Waals surface area contributed by atoms with Crippen LogP contribution in [0.4, 0.5) is 0 Å². The molecule has 0 rings (SSSR count). The summed E-state index contributed by atoms with van der Waals surface area (Å²) >= 11 is 0. The quantitative estimate of drug-likeness (QED) is 0.454. The summed E-state index contributed by atoms with van der Waals surface area (Å²) in [7, 11) is 0. The molecule has 1 radical (unpaired) electrons. The molecule has 0 aliphatic carbocycles. The maximum Gasteiger partial charge on any atom is 0.128 e. The second kappa shape index (κ2) is 2.64. The predicted octanol–water partition coefficient (Wildman–Crippen LogP) is 0.966. The monoisotopic (exact) mass is 83.0 g/mol. The Morgan fingerprint density at radius 1 is 1.83 bits per heavy atom. The molecule has 0 atom stereocenters. The first-order valence-electron chi connectivity index (χ1n) is 1.71. The van der Waals surface area contributed by atoms with E-state index >= 15 is 0 Å².